The van der Waals surface area contributed by atoms with Gasteiger partial charge in [0.1, 0.15) is 140 Å². The molecule has 39 nitrogen and oxygen atoms in total. The highest BCUT2D eigenvalue weighted by molar-refractivity contribution is 5.80. The number of hydrogen-bond acceptors (Lipinski definition) is 37. The maximum absolute atomic E-state index is 16.0. The molecule has 1 amide bonds. The van der Waals surface area contributed by atoms with Crippen molar-refractivity contribution in [3.05, 3.63) is 11.6 Å². The molecule has 0 aromatic heterocycles. The number of hydrogen-bond donors (Lipinski definition) is 22. The molecule has 42 atom stereocenters. The van der Waals surface area contributed by atoms with Gasteiger partial charge in [0, 0.05) is 5.41 Å². The van der Waals surface area contributed by atoms with Gasteiger partial charge in [-0.05, 0) is 104 Å². The molecular formula is C72H117NO38. The summed E-state index contributed by atoms with van der Waals surface area (Å²) in [6, 6.07) is -1.70. The summed E-state index contributed by atoms with van der Waals surface area (Å²) < 4.78 is 83.5. The summed E-state index contributed by atoms with van der Waals surface area (Å²) in [6.07, 6.45) is -54.7. The van der Waals surface area contributed by atoms with Crippen molar-refractivity contribution < 1.29 is 188 Å². The van der Waals surface area contributed by atoms with Gasteiger partial charge < -0.3 is 179 Å². The smallest absolute Gasteiger partial charge is 0.335 e. The number of carboxylic acids is 1. The average molecular weight is 1600 g/mol. The highest BCUT2D eigenvalue weighted by atomic mass is 16.8. The quantitative estimate of drug-likeness (QED) is 0.0288. The van der Waals surface area contributed by atoms with E-state index in [9.17, 15) is 117 Å². The van der Waals surface area contributed by atoms with Gasteiger partial charge >= 0.3 is 11.9 Å². The van der Waals surface area contributed by atoms with E-state index in [-0.39, 0.29) is 32.6 Å². The summed E-state index contributed by atoms with van der Waals surface area (Å²) >= 11 is 0. The van der Waals surface area contributed by atoms with E-state index >= 15 is 4.79 Å². The van der Waals surface area contributed by atoms with E-state index in [0.717, 1.165) is 5.57 Å². The van der Waals surface area contributed by atoms with Gasteiger partial charge in [0.2, 0.25) is 12.2 Å². The number of nitrogens with one attached hydrogen (secondary N) is 1. The van der Waals surface area contributed by atoms with Gasteiger partial charge in [-0.15, -0.1) is 0 Å². The number of carboxylic acid groups (broad SMARTS) is 1. The average Bonchev–Trinajstić information content (AvgIpc) is 0.921. The lowest BCUT2D eigenvalue weighted by atomic mass is 9.33. The van der Waals surface area contributed by atoms with E-state index in [0.29, 0.717) is 38.5 Å². The summed E-state index contributed by atoms with van der Waals surface area (Å²) in [6.45, 7) is 8.47. The van der Waals surface area contributed by atoms with Gasteiger partial charge in [0.05, 0.1) is 64.0 Å². The number of esters is 1. The van der Waals surface area contributed by atoms with Crippen molar-refractivity contribution >= 4 is 17.8 Å². The fourth-order valence-electron chi connectivity index (χ4n) is 20.5. The molecule has 39 heteroatoms. The van der Waals surface area contributed by atoms with Crippen molar-refractivity contribution in [3.8, 4) is 0 Å². The molecule has 7 aliphatic heterocycles. The van der Waals surface area contributed by atoms with Crippen LogP contribution in [-0.2, 0) is 80.7 Å². The minimum absolute atomic E-state index is 0. The number of fused-ring (bicyclic) bond motifs is 7. The first-order valence-corrected chi connectivity index (χ1v) is 37.9. The largest absolute Gasteiger partial charge is 0.479 e. The second kappa shape index (κ2) is 33.9. The van der Waals surface area contributed by atoms with Crippen molar-refractivity contribution in [2.24, 2.45) is 50.2 Å². The molecule has 12 aliphatic rings. The Kier molecular flexibility index (Phi) is 27.1. The first kappa shape index (κ1) is 88.6. The molecule has 4 saturated carbocycles. The molecule has 7 heterocycles. The van der Waals surface area contributed by atoms with Crippen LogP contribution in [0, 0.1) is 50.2 Å². The third kappa shape index (κ3) is 15.7. The Balaban J connectivity index is 0.0000122. The molecule has 638 valence electrons. The zero-order valence-corrected chi connectivity index (χ0v) is 62.1. The molecule has 5 aliphatic carbocycles. The van der Waals surface area contributed by atoms with Gasteiger partial charge in [-0.2, -0.15) is 0 Å². The highest BCUT2D eigenvalue weighted by Gasteiger charge is 2.73. The van der Waals surface area contributed by atoms with E-state index < -0.39 is 317 Å². The molecule has 0 bridgehead atoms. The summed E-state index contributed by atoms with van der Waals surface area (Å²) in [5, 5.41) is 234. The fourth-order valence-corrected chi connectivity index (χ4v) is 20.5. The Morgan fingerprint density at radius 2 is 1.05 bits per heavy atom. The lowest BCUT2D eigenvalue weighted by Crippen LogP contribution is -2.70. The van der Waals surface area contributed by atoms with Crippen LogP contribution in [0.5, 0.6) is 0 Å². The molecule has 11 fully saturated rings. The van der Waals surface area contributed by atoms with Gasteiger partial charge in [0.25, 0.3) is 0 Å². The molecule has 12 rings (SSSR count). The van der Waals surface area contributed by atoms with Gasteiger partial charge in [0.15, 0.2) is 49.9 Å². The van der Waals surface area contributed by atoms with Gasteiger partial charge in [-0.3, -0.25) is 9.59 Å². The topological polar surface area (TPSA) is 617 Å². The Morgan fingerprint density at radius 3 is 1.66 bits per heavy atom. The number of ether oxygens (including phenoxy) is 14. The predicted octanol–water partition coefficient (Wildman–Crippen LogP) is -7.83. The van der Waals surface area contributed by atoms with E-state index in [1.54, 1.807) is 6.92 Å². The second-order valence-electron chi connectivity index (χ2n) is 34.1. The lowest BCUT2D eigenvalue weighted by molar-refractivity contribution is -0.393. The van der Waals surface area contributed by atoms with Crippen molar-refractivity contribution in [1.82, 2.24) is 5.32 Å². The first-order chi connectivity index (χ1) is 51.7. The third-order valence-corrected chi connectivity index (χ3v) is 27.2. The molecule has 22 N–H and O–H groups in total. The number of carbonyl (C=O) groups is 3. The van der Waals surface area contributed by atoms with Crippen LogP contribution >= 0.6 is 0 Å². The molecular weight excluding hydrogens is 1490 g/mol. The zero-order chi connectivity index (χ0) is 80.3. The monoisotopic (exact) mass is 1600 g/mol. The van der Waals surface area contributed by atoms with Crippen molar-refractivity contribution in [2.45, 2.75) is 322 Å². The normalized spacial score (nSPS) is 52.5. The third-order valence-electron chi connectivity index (χ3n) is 27.2. The minimum Gasteiger partial charge on any atom is -0.479 e. The Morgan fingerprint density at radius 1 is 0.514 bits per heavy atom. The van der Waals surface area contributed by atoms with Gasteiger partial charge in [-0.25, -0.2) is 4.79 Å². The standard InChI is InChI=1S/C71H113NO38.CH4/c1-25-52(105-59-46(88)39(81)28(77)21-97-59)45(87)50(92)61(100-25)108-55-43(85)38(72-37(80)23-99-58-48(90)42(84)32(20-75)102-58)30(18-73)101-63(55)110-65(96)71-15-14-66(2,3)16-27(71)26-8-9-34-67(4)12-11-36(68(5,24-76)33(67)10-13-69(34,6)70(26,7)17-35(71)79)104-64-56(109-62-49(91)44(86)41(83)31(19-74)103-62)53(51(93)54(107-64)57(94)95)106-60-47(89)40(82)29(78)22-98-60;/h8,25,27-36,38-56,58-64,73-79,81-93H,9-24H2,1-7H3,(H,72,80)(H,94,95);1H4/t25?,27?,28-,29-,30-,31?,32+,33-,34?,35?,36+,38+,39?,40+,41+,42?,43?,44+,45?,46?,47?,48?,49?,50?,51+,52+,53+,54?,55?,56?,58-,59+,60+,61+,62+,63+,64-,67?,68-,69+,70-,71-;/m1./s1. The molecule has 0 radical (unpaired) electrons. The van der Waals surface area contributed by atoms with Crippen LogP contribution in [0.15, 0.2) is 11.6 Å². The summed E-state index contributed by atoms with van der Waals surface area (Å²) in [5.74, 6) is -5.21. The number of aliphatic hydroxyl groups is 20. The van der Waals surface area contributed by atoms with Gasteiger partial charge in [-0.1, -0.05) is 60.6 Å². The van der Waals surface area contributed by atoms with Crippen molar-refractivity contribution in [3.63, 3.8) is 0 Å². The van der Waals surface area contributed by atoms with E-state index in [2.05, 4.69) is 32.2 Å². The van der Waals surface area contributed by atoms with Crippen LogP contribution in [-0.4, -0.2) is 380 Å². The molecule has 7 saturated heterocycles. The fraction of sp³-hybridized carbons (Fsp3) is 0.931. The van der Waals surface area contributed by atoms with E-state index in [1.165, 1.54) is 6.92 Å². The lowest BCUT2D eigenvalue weighted by Gasteiger charge is -2.72. The number of aliphatic carboxylic acids is 1. The summed E-state index contributed by atoms with van der Waals surface area (Å²) in [4.78, 5) is 42.8. The summed E-state index contributed by atoms with van der Waals surface area (Å²) in [5.41, 5.74) is -4.92. The molecule has 0 aromatic carbocycles. The highest BCUT2D eigenvalue weighted by Crippen LogP contribution is 2.76. The maximum Gasteiger partial charge on any atom is 0.335 e. The number of amides is 1. The van der Waals surface area contributed by atoms with Crippen LogP contribution < -0.4 is 5.32 Å². The van der Waals surface area contributed by atoms with Crippen LogP contribution in [0.1, 0.15) is 114 Å². The van der Waals surface area contributed by atoms with Crippen molar-refractivity contribution in [2.75, 3.05) is 46.2 Å². The Bertz CT molecular complexity index is 3220. The zero-order valence-electron chi connectivity index (χ0n) is 62.1. The molecule has 0 spiro atoms. The second-order valence-corrected chi connectivity index (χ2v) is 34.1. The van der Waals surface area contributed by atoms with Crippen LogP contribution in [0.4, 0.5) is 0 Å². The Labute approximate surface area is 639 Å². The van der Waals surface area contributed by atoms with Crippen LogP contribution in [0.2, 0.25) is 0 Å². The number of aliphatic hydroxyl groups excluding tert-OH is 20. The number of carbonyl (C=O) groups excluding carboxylic acids is 2. The molecule has 18 unspecified atom stereocenters. The van der Waals surface area contributed by atoms with Crippen molar-refractivity contribution in [1.29, 1.82) is 0 Å². The van der Waals surface area contributed by atoms with E-state index in [1.807, 2.05) is 13.8 Å². The maximum atomic E-state index is 16.0. The molecule has 0 aromatic rings. The minimum atomic E-state index is -2.23. The van der Waals surface area contributed by atoms with Crippen LogP contribution in [0.3, 0.4) is 0 Å². The number of rotatable bonds is 21. The Hall–Kier alpha value is -3.17. The summed E-state index contributed by atoms with van der Waals surface area (Å²) in [7, 11) is 0. The van der Waals surface area contributed by atoms with E-state index in [4.69, 9.17) is 66.3 Å². The van der Waals surface area contributed by atoms with Crippen LogP contribution in [0.25, 0.3) is 0 Å². The first-order valence-electron chi connectivity index (χ1n) is 37.9. The predicted molar refractivity (Wildman–Crippen MR) is 364 cm³/mol. The molecule has 111 heavy (non-hydrogen) atoms. The number of allylic oxidation sites excluding steroid dienone is 2. The SMILES string of the molecule is C.CC1O[C@@H](OC2C(O)[C@@H](NC(=O)CO[C@@H]3O[C@@H](CO)C(O)C3O)[C@@H](CO)O[C@H]2OC(=O)[C@]23CCC(C)(C)CC2C2=CCC4C5(C)CC[C@H](O[C@@H]6OC(C(=O)O)[C@@H](O)[C@H](O[C@@H]7OC[C@@H](O)[C@H](O)C7O)C6O[C@@H]6OC(CO)[C@H](O)[C@H](O)C6O)[C@](C)(CO)[C@@H]5CC[C@]4(C)[C@]2(C)CC3O)C(O)C(O)[C@H]1O[C@@H]1OC[C@@H](O)C(O)C1O.